The van der Waals surface area contributed by atoms with E-state index in [1.807, 2.05) is 0 Å². The minimum absolute atomic E-state index is 0.382. The first-order chi connectivity index (χ1) is 13.5. The van der Waals surface area contributed by atoms with Gasteiger partial charge in [0.15, 0.2) is 11.9 Å². The summed E-state index contributed by atoms with van der Waals surface area (Å²) in [7, 11) is 0. The molecule has 4 atom stereocenters. The molecular weight excluding hydrogens is 380 g/mol. The fourth-order valence-corrected chi connectivity index (χ4v) is 4.40. The van der Waals surface area contributed by atoms with Crippen LogP contribution in [0.4, 0.5) is 0 Å². The summed E-state index contributed by atoms with van der Waals surface area (Å²) in [6.45, 7) is 3.78. The highest BCUT2D eigenvalue weighted by molar-refractivity contribution is 7.98. The zero-order valence-electron chi connectivity index (χ0n) is 15.6. The molecule has 0 aliphatic carbocycles. The Bertz CT molecular complexity index is 995. The zero-order valence-corrected chi connectivity index (χ0v) is 16.4. The second-order valence-electron chi connectivity index (χ2n) is 6.95. The van der Waals surface area contributed by atoms with E-state index >= 15 is 0 Å². The molecule has 1 fully saturated rings. The number of benzene rings is 1. The molecule has 1 aliphatic heterocycles. The van der Waals surface area contributed by atoms with Crippen molar-refractivity contribution in [3.63, 3.8) is 0 Å². The van der Waals surface area contributed by atoms with Gasteiger partial charge >= 0.3 is 0 Å². The molecule has 0 unspecified atom stereocenters. The quantitative estimate of drug-likeness (QED) is 0.433. The molecule has 0 bridgehead atoms. The Morgan fingerprint density at radius 1 is 1.14 bits per heavy atom. The summed E-state index contributed by atoms with van der Waals surface area (Å²) >= 11 is 1.57. The van der Waals surface area contributed by atoms with E-state index in [1.54, 1.807) is 16.3 Å². The van der Waals surface area contributed by atoms with Crippen molar-refractivity contribution in [1.82, 2.24) is 19.5 Å². The van der Waals surface area contributed by atoms with Crippen molar-refractivity contribution in [1.29, 1.82) is 0 Å². The first-order valence-electron chi connectivity index (χ1n) is 8.98. The average molecular weight is 402 g/mol. The van der Waals surface area contributed by atoms with Crippen molar-refractivity contribution in [2.45, 2.75) is 49.2 Å². The summed E-state index contributed by atoms with van der Waals surface area (Å²) in [5, 5.41) is 30.3. The monoisotopic (exact) mass is 402 g/mol. The highest BCUT2D eigenvalue weighted by atomic mass is 32.2. The molecule has 8 nitrogen and oxygen atoms in total. The molecule has 0 amide bonds. The van der Waals surface area contributed by atoms with Gasteiger partial charge in [0.05, 0.1) is 12.9 Å². The minimum Gasteiger partial charge on any atom is -0.394 e. The van der Waals surface area contributed by atoms with Gasteiger partial charge in [-0.15, -0.1) is 0 Å². The van der Waals surface area contributed by atoms with Crippen molar-refractivity contribution in [2.75, 3.05) is 6.61 Å². The summed E-state index contributed by atoms with van der Waals surface area (Å²) in [5.74, 6) is 0.749. The van der Waals surface area contributed by atoms with Crippen molar-refractivity contribution < 1.29 is 20.1 Å². The second kappa shape index (κ2) is 7.76. The summed E-state index contributed by atoms with van der Waals surface area (Å²) in [6, 6.07) is 6.37. The van der Waals surface area contributed by atoms with Crippen LogP contribution in [-0.4, -0.2) is 59.8 Å². The molecule has 3 heterocycles. The van der Waals surface area contributed by atoms with Crippen molar-refractivity contribution in [3.8, 4) is 0 Å². The van der Waals surface area contributed by atoms with E-state index in [0.717, 1.165) is 10.8 Å². The first-order valence-corrected chi connectivity index (χ1v) is 9.97. The van der Waals surface area contributed by atoms with Crippen molar-refractivity contribution in [3.05, 3.63) is 47.5 Å². The van der Waals surface area contributed by atoms with Gasteiger partial charge < -0.3 is 20.1 Å². The van der Waals surface area contributed by atoms with E-state index < -0.39 is 24.5 Å². The number of imidazole rings is 1. The average Bonchev–Trinajstić information content (AvgIpc) is 3.23. The number of fused-ring (bicyclic) bond motifs is 1. The van der Waals surface area contributed by atoms with E-state index in [0.29, 0.717) is 11.2 Å². The summed E-state index contributed by atoms with van der Waals surface area (Å²) in [4.78, 5) is 13.0. The van der Waals surface area contributed by atoms with Gasteiger partial charge in [-0.1, -0.05) is 35.5 Å². The minimum atomic E-state index is -1.18. The predicted octanol–water partition coefficient (Wildman–Crippen LogP) is 1.35. The predicted molar refractivity (Wildman–Crippen MR) is 104 cm³/mol. The van der Waals surface area contributed by atoms with Crippen molar-refractivity contribution >= 4 is 22.9 Å². The molecule has 0 saturated carbocycles. The molecule has 1 aromatic carbocycles. The normalized spacial score (nSPS) is 24.9. The van der Waals surface area contributed by atoms with Crippen LogP contribution in [-0.2, 0) is 10.5 Å². The molecule has 148 valence electrons. The molecule has 0 spiro atoms. The number of rotatable bonds is 5. The molecule has 3 aromatic rings. The largest absolute Gasteiger partial charge is 0.394 e. The number of aryl methyl sites for hydroxylation is 2. The number of nitrogens with zero attached hydrogens (tertiary/aromatic N) is 4. The third-order valence-electron chi connectivity index (χ3n) is 4.98. The number of thioether (sulfide) groups is 1. The van der Waals surface area contributed by atoms with Gasteiger partial charge in [-0.3, -0.25) is 4.57 Å². The Kier molecular flexibility index (Phi) is 5.35. The molecule has 4 rings (SSSR count). The van der Waals surface area contributed by atoms with E-state index in [1.165, 1.54) is 29.3 Å². The van der Waals surface area contributed by atoms with E-state index in [4.69, 9.17) is 4.74 Å². The molecule has 1 aliphatic rings. The lowest BCUT2D eigenvalue weighted by Crippen LogP contribution is -2.33. The maximum absolute atomic E-state index is 10.3. The Morgan fingerprint density at radius 3 is 2.68 bits per heavy atom. The Labute approximate surface area is 166 Å². The molecule has 9 heteroatoms. The van der Waals surface area contributed by atoms with Gasteiger partial charge in [-0.2, -0.15) is 0 Å². The van der Waals surface area contributed by atoms with Crippen LogP contribution in [0, 0.1) is 13.8 Å². The highest BCUT2D eigenvalue weighted by Gasteiger charge is 2.44. The summed E-state index contributed by atoms with van der Waals surface area (Å²) < 4.78 is 7.16. The highest BCUT2D eigenvalue weighted by Crippen LogP contribution is 2.33. The van der Waals surface area contributed by atoms with Crippen LogP contribution in [0.25, 0.3) is 11.2 Å². The third kappa shape index (κ3) is 3.40. The van der Waals surface area contributed by atoms with Crippen LogP contribution in [0.2, 0.25) is 0 Å². The van der Waals surface area contributed by atoms with Gasteiger partial charge in [0.1, 0.15) is 35.2 Å². The van der Waals surface area contributed by atoms with E-state index in [9.17, 15) is 15.3 Å². The number of hydrogen-bond acceptors (Lipinski definition) is 8. The van der Waals surface area contributed by atoms with Gasteiger partial charge in [-0.25, -0.2) is 15.0 Å². The lowest BCUT2D eigenvalue weighted by atomic mass is 10.1. The summed E-state index contributed by atoms with van der Waals surface area (Å²) in [5.41, 5.74) is 4.80. The fraction of sp³-hybridized carbons (Fsp3) is 0.421. The maximum Gasteiger partial charge on any atom is 0.166 e. The number of ether oxygens (including phenoxy) is 1. The smallest absolute Gasteiger partial charge is 0.166 e. The van der Waals surface area contributed by atoms with Crippen LogP contribution in [0.15, 0.2) is 35.9 Å². The van der Waals surface area contributed by atoms with Crippen LogP contribution in [0.1, 0.15) is 22.9 Å². The standard InChI is InChI=1S/C19H22N4O4S/c1-10-3-4-12(11(2)5-10)7-28-18-14-17(20-8-21-18)23(9-22-14)19-16(26)15(25)13(6-24)27-19/h3-5,8-9,13,15-16,19,24-26H,6-7H2,1-2H3/t13-,15-,16-,19-/m1/s1. The Balaban J connectivity index is 1.60. The molecule has 28 heavy (non-hydrogen) atoms. The van der Waals surface area contributed by atoms with Gasteiger partial charge in [0.25, 0.3) is 0 Å². The Morgan fingerprint density at radius 2 is 1.96 bits per heavy atom. The number of aromatic nitrogens is 4. The third-order valence-corrected chi connectivity index (χ3v) is 6.01. The first kappa shape index (κ1) is 19.3. The number of aliphatic hydroxyl groups is 3. The van der Waals surface area contributed by atoms with E-state index in [-0.39, 0.29) is 6.61 Å². The van der Waals surface area contributed by atoms with Crippen LogP contribution < -0.4 is 0 Å². The number of aliphatic hydroxyl groups excluding tert-OH is 3. The molecule has 0 radical (unpaired) electrons. The molecule has 2 aromatic heterocycles. The molecular formula is C19H22N4O4S. The topological polar surface area (TPSA) is 114 Å². The van der Waals surface area contributed by atoms with Gasteiger partial charge in [-0.05, 0) is 25.0 Å². The van der Waals surface area contributed by atoms with Crippen LogP contribution >= 0.6 is 11.8 Å². The van der Waals surface area contributed by atoms with Crippen molar-refractivity contribution in [2.24, 2.45) is 0 Å². The van der Waals surface area contributed by atoms with Gasteiger partial charge in [0.2, 0.25) is 0 Å². The molecule has 1 saturated heterocycles. The fourth-order valence-electron chi connectivity index (χ4n) is 3.39. The lowest BCUT2D eigenvalue weighted by Gasteiger charge is -2.16. The summed E-state index contributed by atoms with van der Waals surface area (Å²) in [6.07, 6.45) is -1.11. The number of hydrogen-bond donors (Lipinski definition) is 3. The van der Waals surface area contributed by atoms with E-state index in [2.05, 4.69) is 47.0 Å². The maximum atomic E-state index is 10.3. The molecule has 3 N–H and O–H groups in total. The lowest BCUT2D eigenvalue weighted by molar-refractivity contribution is -0.0511. The SMILES string of the molecule is Cc1ccc(CSc2ncnc3c2ncn3[C@@H]2O[C@H](CO)[C@@H](O)[C@H]2O)c(C)c1. The van der Waals surface area contributed by atoms with Crippen LogP contribution in [0.5, 0.6) is 0 Å². The zero-order chi connectivity index (χ0) is 19.8. The Hall–Kier alpha value is -2.04. The van der Waals surface area contributed by atoms with Crippen LogP contribution in [0.3, 0.4) is 0 Å². The second-order valence-corrected chi connectivity index (χ2v) is 7.91. The van der Waals surface area contributed by atoms with Gasteiger partial charge in [0, 0.05) is 5.75 Å².